The fourth-order valence-electron chi connectivity index (χ4n) is 3.33. The highest BCUT2D eigenvalue weighted by Crippen LogP contribution is 2.23. The molecule has 0 aromatic heterocycles. The van der Waals surface area contributed by atoms with Gasteiger partial charge in [0.15, 0.2) is 6.29 Å². The van der Waals surface area contributed by atoms with E-state index in [2.05, 4.69) is 0 Å². The van der Waals surface area contributed by atoms with Crippen LogP contribution in [-0.4, -0.2) is 47.5 Å². The minimum atomic E-state index is -0.814. The molecule has 1 amide bonds. The van der Waals surface area contributed by atoms with Gasteiger partial charge in [0.05, 0.1) is 17.7 Å². The zero-order chi connectivity index (χ0) is 17.6. The third-order valence-electron chi connectivity index (χ3n) is 4.74. The molecule has 2 atom stereocenters. The van der Waals surface area contributed by atoms with Gasteiger partial charge in [0.2, 0.25) is 0 Å². The standard InChI is InChI=1S/C20H23NO4/c22-13-17-18(23)10-6-11-19(17)25-14-16-9-4-5-12-21(16)20(24)15-7-2-1-3-8-15/h1-3,6-8,11,13,16,18,23H,4-5,9-10,12,14H2/t16-,18?/m0/s1. The van der Waals surface area contributed by atoms with E-state index in [1.807, 2.05) is 35.2 Å². The number of allylic oxidation sites excluding steroid dienone is 1. The molecule has 5 nitrogen and oxygen atoms in total. The summed E-state index contributed by atoms with van der Waals surface area (Å²) in [4.78, 5) is 25.8. The summed E-state index contributed by atoms with van der Waals surface area (Å²) >= 11 is 0. The van der Waals surface area contributed by atoms with E-state index in [9.17, 15) is 14.7 Å². The van der Waals surface area contributed by atoms with E-state index in [4.69, 9.17) is 4.74 Å². The normalized spacial score (nSPS) is 23.5. The molecule has 0 spiro atoms. The van der Waals surface area contributed by atoms with Crippen LogP contribution in [0.5, 0.6) is 0 Å². The number of hydrogen-bond acceptors (Lipinski definition) is 4. The Kier molecular flexibility index (Phi) is 5.66. The molecule has 1 heterocycles. The van der Waals surface area contributed by atoms with Crippen LogP contribution in [0.15, 0.2) is 53.8 Å². The Morgan fingerprint density at radius 2 is 2.08 bits per heavy atom. The van der Waals surface area contributed by atoms with E-state index < -0.39 is 6.10 Å². The molecule has 1 unspecified atom stereocenters. The quantitative estimate of drug-likeness (QED) is 0.836. The van der Waals surface area contributed by atoms with Crippen molar-refractivity contribution in [3.8, 4) is 0 Å². The average Bonchev–Trinajstić information content (AvgIpc) is 2.67. The molecule has 1 fully saturated rings. The largest absolute Gasteiger partial charge is 0.491 e. The van der Waals surface area contributed by atoms with Gasteiger partial charge in [-0.1, -0.05) is 24.3 Å². The summed E-state index contributed by atoms with van der Waals surface area (Å²) in [5, 5.41) is 9.88. The van der Waals surface area contributed by atoms with Gasteiger partial charge in [0, 0.05) is 12.1 Å². The van der Waals surface area contributed by atoms with Gasteiger partial charge in [-0.3, -0.25) is 9.59 Å². The molecule has 0 radical (unpaired) electrons. The number of aliphatic hydroxyl groups excluding tert-OH is 1. The van der Waals surface area contributed by atoms with Crippen LogP contribution in [0.4, 0.5) is 0 Å². The SMILES string of the molecule is O=CC1=C(OC[C@@H]2CCCCN2C(=O)c2ccccc2)C=CCC1O. The van der Waals surface area contributed by atoms with E-state index in [-0.39, 0.29) is 17.5 Å². The first-order chi connectivity index (χ1) is 12.2. The van der Waals surface area contributed by atoms with Gasteiger partial charge in [-0.2, -0.15) is 0 Å². The Morgan fingerprint density at radius 3 is 2.84 bits per heavy atom. The fourth-order valence-corrected chi connectivity index (χ4v) is 3.33. The third-order valence-corrected chi connectivity index (χ3v) is 4.74. The third kappa shape index (κ3) is 3.99. The highest BCUT2D eigenvalue weighted by atomic mass is 16.5. The van der Waals surface area contributed by atoms with E-state index in [0.29, 0.717) is 37.2 Å². The molecule has 2 aliphatic rings. The van der Waals surface area contributed by atoms with Crippen LogP contribution in [0.1, 0.15) is 36.0 Å². The van der Waals surface area contributed by atoms with Crippen LogP contribution in [0.25, 0.3) is 0 Å². The second kappa shape index (κ2) is 8.12. The molecule has 1 aliphatic heterocycles. The Balaban J connectivity index is 1.70. The van der Waals surface area contributed by atoms with Crippen molar-refractivity contribution in [1.82, 2.24) is 4.90 Å². The number of nitrogens with zero attached hydrogens (tertiary/aromatic N) is 1. The second-order valence-corrected chi connectivity index (χ2v) is 6.42. The summed E-state index contributed by atoms with van der Waals surface area (Å²) in [6.07, 6.45) is 6.67. The van der Waals surface area contributed by atoms with Crippen molar-refractivity contribution in [2.24, 2.45) is 0 Å². The lowest BCUT2D eigenvalue weighted by atomic mass is 10.00. The lowest BCUT2D eigenvalue weighted by Crippen LogP contribution is -2.46. The number of likely N-dealkylation sites (tertiary alicyclic amines) is 1. The molecular weight excluding hydrogens is 318 g/mol. The minimum absolute atomic E-state index is 0.0118. The number of aldehydes is 1. The maximum atomic E-state index is 12.8. The van der Waals surface area contributed by atoms with E-state index in [1.54, 1.807) is 12.2 Å². The van der Waals surface area contributed by atoms with Gasteiger partial charge in [-0.05, 0) is 43.9 Å². The Hall–Kier alpha value is -2.40. The number of benzene rings is 1. The summed E-state index contributed by atoms with van der Waals surface area (Å²) in [5.74, 6) is 0.421. The van der Waals surface area contributed by atoms with E-state index in [1.165, 1.54) is 0 Å². The summed E-state index contributed by atoms with van der Waals surface area (Å²) in [5.41, 5.74) is 0.953. The Morgan fingerprint density at radius 1 is 1.28 bits per heavy atom. The molecule has 5 heteroatoms. The highest BCUT2D eigenvalue weighted by molar-refractivity contribution is 5.94. The number of piperidine rings is 1. The molecule has 1 saturated heterocycles. The lowest BCUT2D eigenvalue weighted by molar-refractivity contribution is -0.106. The van der Waals surface area contributed by atoms with Gasteiger partial charge in [-0.25, -0.2) is 0 Å². The van der Waals surface area contributed by atoms with Crippen molar-refractivity contribution in [1.29, 1.82) is 0 Å². The van der Waals surface area contributed by atoms with Gasteiger partial charge >= 0.3 is 0 Å². The minimum Gasteiger partial charge on any atom is -0.491 e. The van der Waals surface area contributed by atoms with Gasteiger partial charge in [0.1, 0.15) is 12.4 Å². The van der Waals surface area contributed by atoms with E-state index >= 15 is 0 Å². The van der Waals surface area contributed by atoms with Crippen LogP contribution < -0.4 is 0 Å². The molecular formula is C20H23NO4. The number of carbonyl (C=O) groups excluding carboxylic acids is 2. The maximum absolute atomic E-state index is 12.8. The predicted octanol–water partition coefficient (Wildman–Crippen LogP) is 2.47. The number of hydrogen-bond donors (Lipinski definition) is 1. The summed E-state index contributed by atoms with van der Waals surface area (Å²) in [6.45, 7) is 1.03. The topological polar surface area (TPSA) is 66.8 Å². The van der Waals surface area contributed by atoms with Crippen LogP contribution >= 0.6 is 0 Å². The van der Waals surface area contributed by atoms with Crippen LogP contribution in [0, 0.1) is 0 Å². The monoisotopic (exact) mass is 341 g/mol. The first kappa shape index (κ1) is 17.4. The average molecular weight is 341 g/mol. The number of ether oxygens (including phenoxy) is 1. The zero-order valence-electron chi connectivity index (χ0n) is 14.1. The van der Waals surface area contributed by atoms with Crippen molar-refractivity contribution in [2.45, 2.75) is 37.8 Å². The van der Waals surface area contributed by atoms with Crippen LogP contribution in [0.2, 0.25) is 0 Å². The summed E-state index contributed by atoms with van der Waals surface area (Å²) < 4.78 is 5.82. The first-order valence-electron chi connectivity index (χ1n) is 8.73. The van der Waals surface area contributed by atoms with Crippen molar-refractivity contribution in [2.75, 3.05) is 13.2 Å². The van der Waals surface area contributed by atoms with Gasteiger partial charge in [-0.15, -0.1) is 0 Å². The van der Waals surface area contributed by atoms with Crippen LogP contribution in [0.3, 0.4) is 0 Å². The molecule has 1 N–H and O–H groups in total. The van der Waals surface area contributed by atoms with Crippen molar-refractivity contribution < 1.29 is 19.4 Å². The zero-order valence-corrected chi connectivity index (χ0v) is 14.1. The highest BCUT2D eigenvalue weighted by Gasteiger charge is 2.28. The fraction of sp³-hybridized carbons (Fsp3) is 0.400. The summed E-state index contributed by atoms with van der Waals surface area (Å²) in [7, 11) is 0. The number of amides is 1. The maximum Gasteiger partial charge on any atom is 0.254 e. The van der Waals surface area contributed by atoms with Crippen LogP contribution in [-0.2, 0) is 9.53 Å². The first-order valence-corrected chi connectivity index (χ1v) is 8.73. The Bertz CT molecular complexity index is 680. The smallest absolute Gasteiger partial charge is 0.254 e. The van der Waals surface area contributed by atoms with E-state index in [0.717, 1.165) is 19.3 Å². The number of aliphatic hydroxyl groups is 1. The molecule has 132 valence electrons. The molecule has 1 aromatic rings. The predicted molar refractivity (Wildman–Crippen MR) is 93.9 cm³/mol. The molecule has 0 saturated carbocycles. The molecule has 1 aromatic carbocycles. The number of rotatable bonds is 5. The molecule has 1 aliphatic carbocycles. The van der Waals surface area contributed by atoms with Crippen molar-refractivity contribution >= 4 is 12.2 Å². The molecule has 25 heavy (non-hydrogen) atoms. The van der Waals surface area contributed by atoms with Gasteiger partial charge in [0.25, 0.3) is 5.91 Å². The summed E-state index contributed by atoms with van der Waals surface area (Å²) in [6, 6.07) is 9.22. The second-order valence-electron chi connectivity index (χ2n) is 6.42. The lowest BCUT2D eigenvalue weighted by Gasteiger charge is -2.36. The number of carbonyl (C=O) groups is 2. The molecule has 3 rings (SSSR count). The Labute approximate surface area is 147 Å². The van der Waals surface area contributed by atoms with Gasteiger partial charge < -0.3 is 14.7 Å². The molecule has 0 bridgehead atoms. The van der Waals surface area contributed by atoms with Crippen molar-refractivity contribution in [3.63, 3.8) is 0 Å². The van der Waals surface area contributed by atoms with Crippen molar-refractivity contribution in [3.05, 3.63) is 59.4 Å².